The number of carbonyl (C=O) groups is 1. The minimum absolute atomic E-state index is 0.0941. The van der Waals surface area contributed by atoms with Gasteiger partial charge >= 0.3 is 5.97 Å². The number of piperazine rings is 1. The van der Waals surface area contributed by atoms with Gasteiger partial charge in [0, 0.05) is 50.7 Å². The van der Waals surface area contributed by atoms with E-state index in [-0.39, 0.29) is 17.2 Å². The summed E-state index contributed by atoms with van der Waals surface area (Å²) < 4.78 is 1.55. The van der Waals surface area contributed by atoms with Crippen LogP contribution in [0.1, 0.15) is 17.3 Å². The first-order valence-electron chi connectivity index (χ1n) is 9.63. The van der Waals surface area contributed by atoms with Gasteiger partial charge in [-0.25, -0.2) is 19.7 Å². The molecule has 1 aromatic carbocycles. The fourth-order valence-electron chi connectivity index (χ4n) is 3.66. The van der Waals surface area contributed by atoms with Gasteiger partial charge < -0.3 is 14.9 Å². The van der Waals surface area contributed by atoms with E-state index in [1.807, 2.05) is 12.1 Å². The summed E-state index contributed by atoms with van der Waals surface area (Å²) in [6, 6.07) is 10.2. The number of hydrogen-bond acceptors (Lipinski definition) is 7. The van der Waals surface area contributed by atoms with E-state index in [2.05, 4.69) is 26.7 Å². The van der Waals surface area contributed by atoms with Crippen molar-refractivity contribution in [2.24, 2.45) is 7.05 Å². The van der Waals surface area contributed by atoms with Gasteiger partial charge in [-0.15, -0.1) is 0 Å². The molecule has 1 aliphatic rings. The number of carboxylic acid groups (broad SMARTS) is 1. The molecule has 0 saturated carbocycles. The van der Waals surface area contributed by atoms with Gasteiger partial charge in [-0.1, -0.05) is 0 Å². The highest BCUT2D eigenvalue weighted by Crippen LogP contribution is 2.24. The highest BCUT2D eigenvalue weighted by atomic mass is 16.4. The van der Waals surface area contributed by atoms with Gasteiger partial charge in [0.25, 0.3) is 5.56 Å². The molecule has 0 bridgehead atoms. The molecule has 0 radical (unpaired) electrons. The van der Waals surface area contributed by atoms with Gasteiger partial charge in [0.15, 0.2) is 0 Å². The number of aromatic carboxylic acids is 1. The summed E-state index contributed by atoms with van der Waals surface area (Å²) in [5, 5.41) is 9.08. The Morgan fingerprint density at radius 2 is 1.90 bits per heavy atom. The number of rotatable bonds is 4. The lowest BCUT2D eigenvalue weighted by Gasteiger charge is -2.42. The second kappa shape index (κ2) is 7.94. The van der Waals surface area contributed by atoms with Gasteiger partial charge in [0.05, 0.1) is 17.0 Å². The quantitative estimate of drug-likeness (QED) is 0.697. The molecule has 1 fully saturated rings. The molecule has 9 nitrogen and oxygen atoms in total. The minimum atomic E-state index is -0.935. The van der Waals surface area contributed by atoms with E-state index < -0.39 is 5.97 Å². The van der Waals surface area contributed by atoms with Crippen LogP contribution in [0.4, 0.5) is 11.6 Å². The zero-order chi connectivity index (χ0) is 21.3. The summed E-state index contributed by atoms with van der Waals surface area (Å²) in [7, 11) is 1.72. The normalized spacial score (nSPS) is 16.5. The number of aromatic nitrogens is 4. The topological polar surface area (TPSA) is 104 Å². The van der Waals surface area contributed by atoms with Crippen LogP contribution in [-0.2, 0) is 7.05 Å². The number of carboxylic acids is 1. The van der Waals surface area contributed by atoms with E-state index in [1.165, 1.54) is 12.4 Å². The van der Waals surface area contributed by atoms with Crippen LogP contribution in [-0.4, -0.2) is 56.3 Å². The van der Waals surface area contributed by atoms with Crippen molar-refractivity contribution in [3.05, 3.63) is 64.8 Å². The van der Waals surface area contributed by atoms with E-state index in [9.17, 15) is 9.59 Å². The molecule has 0 unspecified atom stereocenters. The monoisotopic (exact) mass is 406 g/mol. The van der Waals surface area contributed by atoms with Gasteiger partial charge in [-0.2, -0.15) is 0 Å². The molecule has 2 aromatic heterocycles. The Morgan fingerprint density at radius 1 is 1.13 bits per heavy atom. The highest BCUT2D eigenvalue weighted by molar-refractivity contribution is 5.88. The molecule has 9 heteroatoms. The number of hydrogen-bond donors (Lipinski definition) is 1. The summed E-state index contributed by atoms with van der Waals surface area (Å²) in [4.78, 5) is 40.8. The maximum Gasteiger partial charge on any atom is 0.335 e. The zero-order valence-corrected chi connectivity index (χ0v) is 16.8. The maximum atomic E-state index is 12.6. The van der Waals surface area contributed by atoms with Gasteiger partial charge in [0.1, 0.15) is 6.33 Å². The van der Waals surface area contributed by atoms with Crippen LogP contribution >= 0.6 is 0 Å². The van der Waals surface area contributed by atoms with Crippen molar-refractivity contribution < 1.29 is 9.90 Å². The Labute approximate surface area is 173 Å². The molecule has 1 atom stereocenters. The van der Waals surface area contributed by atoms with Crippen molar-refractivity contribution in [1.29, 1.82) is 0 Å². The first-order chi connectivity index (χ1) is 14.4. The van der Waals surface area contributed by atoms with Crippen molar-refractivity contribution in [3.63, 3.8) is 0 Å². The number of benzene rings is 1. The van der Waals surface area contributed by atoms with Crippen molar-refractivity contribution in [3.8, 4) is 11.4 Å². The molecule has 4 rings (SSSR count). The molecule has 3 aromatic rings. The van der Waals surface area contributed by atoms with E-state index >= 15 is 0 Å². The second-order valence-corrected chi connectivity index (χ2v) is 7.27. The Morgan fingerprint density at radius 3 is 2.53 bits per heavy atom. The first-order valence-corrected chi connectivity index (χ1v) is 9.63. The predicted molar refractivity (Wildman–Crippen MR) is 113 cm³/mol. The third-order valence-corrected chi connectivity index (χ3v) is 5.32. The van der Waals surface area contributed by atoms with Crippen molar-refractivity contribution >= 4 is 17.6 Å². The molecule has 30 heavy (non-hydrogen) atoms. The van der Waals surface area contributed by atoms with E-state index in [1.54, 1.807) is 36.0 Å². The lowest BCUT2D eigenvalue weighted by Crippen LogP contribution is -2.53. The van der Waals surface area contributed by atoms with E-state index in [0.29, 0.717) is 23.9 Å². The van der Waals surface area contributed by atoms with Crippen molar-refractivity contribution in [2.45, 2.75) is 13.0 Å². The lowest BCUT2D eigenvalue weighted by atomic mass is 10.1. The molecular formula is C21H22N6O3. The average Bonchev–Trinajstić information content (AvgIpc) is 2.76. The standard InChI is InChI=1S/C21H22N6O3/c1-14-12-26(16-5-3-15(4-6-16)20(29)30)9-10-27(14)21-24-18(11-19(28)25(21)2)17-7-8-22-13-23-17/h3-8,11,13-14H,9-10,12H2,1-2H3,(H,29,30)/t14-/m1/s1. The van der Waals surface area contributed by atoms with Crippen molar-refractivity contribution in [2.75, 3.05) is 29.4 Å². The molecule has 1 saturated heterocycles. The van der Waals surface area contributed by atoms with Crippen LogP contribution in [0.15, 0.2) is 53.7 Å². The molecule has 0 spiro atoms. The smallest absolute Gasteiger partial charge is 0.335 e. The van der Waals surface area contributed by atoms with E-state index in [0.717, 1.165) is 18.8 Å². The summed E-state index contributed by atoms with van der Waals surface area (Å²) in [6.07, 6.45) is 3.06. The average molecular weight is 406 g/mol. The summed E-state index contributed by atoms with van der Waals surface area (Å²) in [6.45, 7) is 4.21. The molecular weight excluding hydrogens is 384 g/mol. The minimum Gasteiger partial charge on any atom is -0.478 e. The van der Waals surface area contributed by atoms with Crippen LogP contribution in [0.5, 0.6) is 0 Å². The molecule has 1 N–H and O–H groups in total. The van der Waals surface area contributed by atoms with Crippen LogP contribution in [0.3, 0.4) is 0 Å². The fraction of sp³-hybridized carbons (Fsp3) is 0.286. The largest absolute Gasteiger partial charge is 0.478 e. The van der Waals surface area contributed by atoms with Crippen molar-refractivity contribution in [1.82, 2.24) is 19.5 Å². The third kappa shape index (κ3) is 3.73. The Bertz CT molecular complexity index is 1110. The number of nitrogens with zero attached hydrogens (tertiary/aromatic N) is 6. The predicted octanol–water partition coefficient (Wildman–Crippen LogP) is 1.65. The Balaban J connectivity index is 1.58. The third-order valence-electron chi connectivity index (χ3n) is 5.32. The molecule has 1 aliphatic heterocycles. The molecule has 3 heterocycles. The maximum absolute atomic E-state index is 12.6. The molecule has 0 aliphatic carbocycles. The highest BCUT2D eigenvalue weighted by Gasteiger charge is 2.27. The van der Waals surface area contributed by atoms with Crippen LogP contribution in [0.2, 0.25) is 0 Å². The lowest BCUT2D eigenvalue weighted by molar-refractivity contribution is 0.0697. The Hall–Kier alpha value is -3.75. The molecule has 154 valence electrons. The van der Waals surface area contributed by atoms with Gasteiger partial charge in [-0.3, -0.25) is 9.36 Å². The summed E-state index contributed by atoms with van der Waals surface area (Å²) >= 11 is 0. The Kier molecular flexibility index (Phi) is 5.18. The zero-order valence-electron chi connectivity index (χ0n) is 16.8. The molecule has 0 amide bonds. The van der Waals surface area contributed by atoms with Crippen LogP contribution in [0, 0.1) is 0 Å². The summed E-state index contributed by atoms with van der Waals surface area (Å²) in [5.41, 5.74) is 2.23. The first kappa shape index (κ1) is 19.6. The van der Waals surface area contributed by atoms with E-state index in [4.69, 9.17) is 10.1 Å². The van der Waals surface area contributed by atoms with Crippen LogP contribution in [0.25, 0.3) is 11.4 Å². The second-order valence-electron chi connectivity index (χ2n) is 7.27. The van der Waals surface area contributed by atoms with Crippen LogP contribution < -0.4 is 15.4 Å². The number of anilines is 2. The van der Waals surface area contributed by atoms with Gasteiger partial charge in [0.2, 0.25) is 5.95 Å². The summed E-state index contributed by atoms with van der Waals surface area (Å²) in [5.74, 6) is -0.334. The van der Waals surface area contributed by atoms with Gasteiger partial charge in [-0.05, 0) is 37.3 Å². The fourth-order valence-corrected chi connectivity index (χ4v) is 3.66. The SMILES string of the molecule is C[C@@H]1CN(c2ccc(C(=O)O)cc2)CCN1c1nc(-c2ccncn2)cc(=O)n1C.